The lowest BCUT2D eigenvalue weighted by molar-refractivity contribution is 0.0600. The molecule has 0 N–H and O–H groups in total. The highest BCUT2D eigenvalue weighted by molar-refractivity contribution is 14.1. The largest absolute Gasteiger partial charge is 0.335 e. The Balaban J connectivity index is 2.09. The molecule has 1 aromatic heterocycles. The highest BCUT2D eigenvalue weighted by Crippen LogP contribution is 2.27. The topological polar surface area (TPSA) is 20.3 Å². The molecule has 1 heterocycles. The molecule has 1 saturated carbocycles. The molecule has 1 aliphatic rings. The lowest BCUT2D eigenvalue weighted by Crippen LogP contribution is -2.45. The average molecular weight is 414 g/mol. The van der Waals surface area contributed by atoms with Gasteiger partial charge >= 0.3 is 0 Å². The van der Waals surface area contributed by atoms with Crippen LogP contribution in [0.1, 0.15) is 29.6 Å². The molecule has 1 fully saturated rings. The molecule has 1 aromatic rings. The van der Waals surface area contributed by atoms with E-state index in [1.54, 1.807) is 11.3 Å². The van der Waals surface area contributed by atoms with Crippen LogP contribution in [0, 0.1) is 2.88 Å². The van der Waals surface area contributed by atoms with Gasteiger partial charge in [0.2, 0.25) is 0 Å². The Hall–Kier alpha value is 0.380. The maximum atomic E-state index is 12.3. The number of thiophene rings is 1. The molecule has 1 amide bonds. The fourth-order valence-electron chi connectivity index (χ4n) is 1.83. The molecule has 88 valence electrons. The van der Waals surface area contributed by atoms with Crippen LogP contribution in [0.3, 0.4) is 0 Å². The first kappa shape index (κ1) is 12.8. The van der Waals surface area contributed by atoms with Gasteiger partial charge in [-0.2, -0.15) is 0 Å². The lowest BCUT2D eigenvalue weighted by Gasteiger charge is -2.37. The van der Waals surface area contributed by atoms with Crippen LogP contribution >= 0.6 is 49.9 Å². The van der Waals surface area contributed by atoms with Gasteiger partial charge in [-0.15, -0.1) is 11.3 Å². The van der Waals surface area contributed by atoms with E-state index in [2.05, 4.69) is 38.5 Å². The van der Waals surface area contributed by atoms with Crippen molar-refractivity contribution in [1.29, 1.82) is 0 Å². The normalized spacial score (nSPS) is 15.9. The monoisotopic (exact) mass is 413 g/mol. The van der Waals surface area contributed by atoms with E-state index in [4.69, 9.17) is 0 Å². The van der Waals surface area contributed by atoms with Crippen molar-refractivity contribution in [3.8, 4) is 0 Å². The third-order valence-corrected chi connectivity index (χ3v) is 5.06. The molecule has 0 bridgehead atoms. The minimum atomic E-state index is 0.198. The van der Waals surface area contributed by atoms with E-state index in [1.807, 2.05) is 16.3 Å². The van der Waals surface area contributed by atoms with E-state index < -0.39 is 0 Å². The standard InChI is InChI=1S/C11H13BrINOS/c12-4-5-14(9-2-1-3-9)11(15)8-6-10(13)16-7-8/h6-7,9H,1-5H2. The van der Waals surface area contributed by atoms with Crippen molar-refractivity contribution in [2.24, 2.45) is 0 Å². The van der Waals surface area contributed by atoms with Crippen molar-refractivity contribution in [2.75, 3.05) is 11.9 Å². The summed E-state index contributed by atoms with van der Waals surface area (Å²) in [6.45, 7) is 0.815. The van der Waals surface area contributed by atoms with Crippen LogP contribution in [0.5, 0.6) is 0 Å². The van der Waals surface area contributed by atoms with E-state index in [0.717, 1.165) is 17.4 Å². The molecule has 0 spiro atoms. The summed E-state index contributed by atoms with van der Waals surface area (Å²) in [5, 5.41) is 2.82. The summed E-state index contributed by atoms with van der Waals surface area (Å²) in [6.07, 6.45) is 3.60. The Morgan fingerprint density at radius 1 is 1.62 bits per heavy atom. The third-order valence-electron chi connectivity index (χ3n) is 2.92. The number of nitrogens with zero attached hydrogens (tertiary/aromatic N) is 1. The van der Waals surface area contributed by atoms with Crippen LogP contribution in [-0.2, 0) is 0 Å². The maximum Gasteiger partial charge on any atom is 0.255 e. The van der Waals surface area contributed by atoms with E-state index >= 15 is 0 Å². The molecule has 1 aliphatic carbocycles. The zero-order valence-electron chi connectivity index (χ0n) is 8.79. The van der Waals surface area contributed by atoms with Crippen LogP contribution in [0.15, 0.2) is 11.4 Å². The molecule has 5 heteroatoms. The van der Waals surface area contributed by atoms with Crippen molar-refractivity contribution in [3.05, 3.63) is 19.9 Å². The van der Waals surface area contributed by atoms with E-state index in [-0.39, 0.29) is 5.91 Å². The molecule has 16 heavy (non-hydrogen) atoms. The Morgan fingerprint density at radius 3 is 2.81 bits per heavy atom. The van der Waals surface area contributed by atoms with Crippen molar-refractivity contribution in [2.45, 2.75) is 25.3 Å². The Bertz CT molecular complexity index is 378. The molecule has 0 radical (unpaired) electrons. The first-order chi connectivity index (χ1) is 7.72. The van der Waals surface area contributed by atoms with E-state index in [9.17, 15) is 4.79 Å². The van der Waals surface area contributed by atoms with Crippen LogP contribution in [0.2, 0.25) is 0 Å². The highest BCUT2D eigenvalue weighted by Gasteiger charge is 2.29. The van der Waals surface area contributed by atoms with Crippen molar-refractivity contribution >= 4 is 55.8 Å². The van der Waals surface area contributed by atoms with Crippen LogP contribution in [0.25, 0.3) is 0 Å². The van der Waals surface area contributed by atoms with Gasteiger partial charge in [-0.1, -0.05) is 15.9 Å². The molecular weight excluding hydrogens is 401 g/mol. The fraction of sp³-hybridized carbons (Fsp3) is 0.545. The molecule has 0 saturated heterocycles. The number of rotatable bonds is 4. The molecule has 0 aromatic carbocycles. The molecule has 2 nitrogen and oxygen atoms in total. The lowest BCUT2D eigenvalue weighted by atomic mass is 9.91. The van der Waals surface area contributed by atoms with Crippen molar-refractivity contribution in [3.63, 3.8) is 0 Å². The zero-order valence-corrected chi connectivity index (χ0v) is 13.3. The molecule has 0 unspecified atom stereocenters. The summed E-state index contributed by atoms with van der Waals surface area (Å²) >= 11 is 7.32. The number of hydrogen-bond donors (Lipinski definition) is 0. The predicted molar refractivity (Wildman–Crippen MR) is 79.5 cm³/mol. The van der Waals surface area contributed by atoms with Gasteiger partial charge in [-0.05, 0) is 47.9 Å². The second kappa shape index (κ2) is 5.82. The minimum absolute atomic E-state index is 0.198. The van der Waals surface area contributed by atoms with Gasteiger partial charge in [-0.3, -0.25) is 4.79 Å². The van der Waals surface area contributed by atoms with Crippen LogP contribution < -0.4 is 0 Å². The first-order valence-corrected chi connectivity index (χ1v) is 8.41. The second-order valence-corrected chi connectivity index (χ2v) is 7.51. The number of alkyl halides is 1. The summed E-state index contributed by atoms with van der Waals surface area (Å²) in [5.74, 6) is 0.198. The summed E-state index contributed by atoms with van der Waals surface area (Å²) in [4.78, 5) is 14.3. The van der Waals surface area contributed by atoms with E-state index in [1.165, 1.54) is 22.1 Å². The molecule has 0 aliphatic heterocycles. The number of amides is 1. The third kappa shape index (κ3) is 2.79. The Morgan fingerprint density at radius 2 is 2.38 bits per heavy atom. The van der Waals surface area contributed by atoms with Gasteiger partial charge in [0.1, 0.15) is 0 Å². The number of carbonyl (C=O) groups excluding carboxylic acids is 1. The van der Waals surface area contributed by atoms with Gasteiger partial charge < -0.3 is 4.90 Å². The summed E-state index contributed by atoms with van der Waals surface area (Å²) in [7, 11) is 0. The number of hydrogen-bond acceptors (Lipinski definition) is 2. The van der Waals surface area contributed by atoms with Crippen molar-refractivity contribution in [1.82, 2.24) is 4.90 Å². The molecule has 0 atom stereocenters. The van der Waals surface area contributed by atoms with Crippen molar-refractivity contribution < 1.29 is 4.79 Å². The summed E-state index contributed by atoms with van der Waals surface area (Å²) in [6, 6.07) is 2.45. The van der Waals surface area contributed by atoms with Gasteiger partial charge in [0.25, 0.3) is 5.91 Å². The van der Waals surface area contributed by atoms with Crippen LogP contribution in [-0.4, -0.2) is 28.7 Å². The Kier molecular flexibility index (Phi) is 4.66. The molecular formula is C11H13BrINOS. The zero-order chi connectivity index (χ0) is 11.5. The smallest absolute Gasteiger partial charge is 0.255 e. The first-order valence-electron chi connectivity index (χ1n) is 5.33. The number of halogens is 2. The van der Waals surface area contributed by atoms with Gasteiger partial charge in [0.05, 0.1) is 8.45 Å². The fourth-order valence-corrected chi connectivity index (χ4v) is 3.53. The maximum absolute atomic E-state index is 12.3. The second-order valence-electron chi connectivity index (χ2n) is 3.91. The quantitative estimate of drug-likeness (QED) is 0.543. The van der Waals surface area contributed by atoms with Gasteiger partial charge in [0.15, 0.2) is 0 Å². The minimum Gasteiger partial charge on any atom is -0.335 e. The van der Waals surface area contributed by atoms with Crippen LogP contribution in [0.4, 0.5) is 0 Å². The SMILES string of the molecule is O=C(c1csc(I)c1)N(CCBr)C1CCC1. The predicted octanol–water partition coefficient (Wildman–Crippen LogP) is 3.74. The van der Waals surface area contributed by atoms with E-state index in [0.29, 0.717) is 6.04 Å². The van der Waals surface area contributed by atoms with Gasteiger partial charge in [0, 0.05) is 23.3 Å². The highest BCUT2D eigenvalue weighted by atomic mass is 127. The molecule has 2 rings (SSSR count). The summed E-state index contributed by atoms with van der Waals surface area (Å²) in [5.41, 5.74) is 0.849. The Labute approximate surface area is 122 Å². The summed E-state index contributed by atoms with van der Waals surface area (Å²) < 4.78 is 1.17. The number of carbonyl (C=O) groups is 1. The van der Waals surface area contributed by atoms with Gasteiger partial charge in [-0.25, -0.2) is 0 Å². The average Bonchev–Trinajstić information content (AvgIpc) is 2.60.